The van der Waals surface area contributed by atoms with Crippen LogP contribution in [0.4, 0.5) is 0 Å². The van der Waals surface area contributed by atoms with Gasteiger partial charge in [0, 0.05) is 5.69 Å². The van der Waals surface area contributed by atoms with Crippen LogP contribution >= 0.6 is 0 Å². The van der Waals surface area contributed by atoms with Crippen molar-refractivity contribution in [1.82, 2.24) is 4.98 Å². The van der Waals surface area contributed by atoms with Crippen LogP contribution in [-0.2, 0) is 6.42 Å². The van der Waals surface area contributed by atoms with Crippen molar-refractivity contribution in [2.75, 3.05) is 0 Å². The molecule has 2 N–H and O–H groups in total. The molecule has 0 aliphatic carbocycles. The minimum absolute atomic E-state index is 0.277. The molecule has 3 nitrogen and oxygen atoms in total. The molecule has 1 aromatic rings. The third kappa shape index (κ3) is 1.42. The van der Waals surface area contributed by atoms with Crippen molar-refractivity contribution in [2.24, 2.45) is 0 Å². The van der Waals surface area contributed by atoms with Gasteiger partial charge in [-0.3, -0.25) is 0 Å². The molecule has 0 aromatic carbocycles. The molecule has 1 aromatic heterocycles. The van der Waals surface area contributed by atoms with Crippen LogP contribution in [0, 0.1) is 6.92 Å². The van der Waals surface area contributed by atoms with Gasteiger partial charge in [-0.2, -0.15) is 0 Å². The van der Waals surface area contributed by atoms with Gasteiger partial charge in [0.2, 0.25) is 0 Å². The zero-order valence-electron chi connectivity index (χ0n) is 6.64. The van der Waals surface area contributed by atoms with E-state index in [1.54, 1.807) is 6.07 Å². The van der Waals surface area contributed by atoms with E-state index in [1.807, 2.05) is 13.8 Å². The van der Waals surface area contributed by atoms with Gasteiger partial charge in [0.1, 0.15) is 5.69 Å². The Morgan fingerprint density at radius 1 is 1.73 bits per heavy atom. The maximum atomic E-state index is 10.5. The molecule has 0 bridgehead atoms. The Morgan fingerprint density at radius 3 is 2.64 bits per heavy atom. The lowest BCUT2D eigenvalue weighted by molar-refractivity contribution is 0.0691. The van der Waals surface area contributed by atoms with Crippen LogP contribution in [0.3, 0.4) is 0 Å². The standard InChI is InChI=1S/C8H11NO2/c1-3-6-5(2)4-7(9-6)8(10)11/h4,9H,3H2,1-2H3,(H,10,11). The third-order valence-corrected chi connectivity index (χ3v) is 1.71. The summed E-state index contributed by atoms with van der Waals surface area (Å²) in [5.74, 6) is -0.896. The molecule has 0 saturated heterocycles. The predicted octanol–water partition coefficient (Wildman–Crippen LogP) is 1.58. The number of hydrogen-bond donors (Lipinski definition) is 2. The molecule has 0 radical (unpaired) electrons. The number of H-pyrrole nitrogens is 1. The van der Waals surface area contributed by atoms with Crippen LogP contribution in [-0.4, -0.2) is 16.1 Å². The second-order valence-electron chi connectivity index (χ2n) is 2.50. The Kier molecular flexibility index (Phi) is 1.98. The summed E-state index contributed by atoms with van der Waals surface area (Å²) in [4.78, 5) is 13.3. The fourth-order valence-corrected chi connectivity index (χ4v) is 1.08. The van der Waals surface area contributed by atoms with Crippen molar-refractivity contribution in [2.45, 2.75) is 20.3 Å². The van der Waals surface area contributed by atoms with Crippen LogP contribution in [0.5, 0.6) is 0 Å². The molecular weight excluding hydrogens is 142 g/mol. The zero-order valence-corrected chi connectivity index (χ0v) is 6.64. The summed E-state index contributed by atoms with van der Waals surface area (Å²) in [6.45, 7) is 3.90. The zero-order chi connectivity index (χ0) is 8.43. The first-order valence-electron chi connectivity index (χ1n) is 3.57. The maximum Gasteiger partial charge on any atom is 0.352 e. The SMILES string of the molecule is CCc1[nH]c(C(=O)O)cc1C. The molecule has 0 amide bonds. The van der Waals surface area contributed by atoms with E-state index in [9.17, 15) is 4.79 Å². The van der Waals surface area contributed by atoms with Crippen LogP contribution in [0.25, 0.3) is 0 Å². The van der Waals surface area contributed by atoms with Gasteiger partial charge in [-0.1, -0.05) is 6.92 Å². The van der Waals surface area contributed by atoms with Crippen molar-refractivity contribution in [3.05, 3.63) is 23.0 Å². The summed E-state index contributed by atoms with van der Waals surface area (Å²) in [5.41, 5.74) is 2.30. The summed E-state index contributed by atoms with van der Waals surface area (Å²) >= 11 is 0. The highest BCUT2D eigenvalue weighted by atomic mass is 16.4. The van der Waals surface area contributed by atoms with E-state index in [1.165, 1.54) is 0 Å². The van der Waals surface area contributed by atoms with Gasteiger partial charge in [0.05, 0.1) is 0 Å². The summed E-state index contributed by atoms with van der Waals surface area (Å²) in [7, 11) is 0. The summed E-state index contributed by atoms with van der Waals surface area (Å²) in [6, 6.07) is 1.65. The molecular formula is C8H11NO2. The molecule has 0 spiro atoms. The maximum absolute atomic E-state index is 10.5. The summed E-state index contributed by atoms with van der Waals surface area (Å²) < 4.78 is 0. The van der Waals surface area contributed by atoms with Crippen molar-refractivity contribution < 1.29 is 9.90 Å². The van der Waals surface area contributed by atoms with Gasteiger partial charge in [-0.05, 0) is 25.0 Å². The van der Waals surface area contributed by atoms with E-state index in [-0.39, 0.29) is 5.69 Å². The number of aryl methyl sites for hydroxylation is 2. The van der Waals surface area contributed by atoms with Crippen molar-refractivity contribution in [3.8, 4) is 0 Å². The molecule has 1 heterocycles. The number of aromatic nitrogens is 1. The second kappa shape index (κ2) is 2.78. The first-order chi connectivity index (χ1) is 5.15. The number of carboxylic acid groups (broad SMARTS) is 1. The smallest absolute Gasteiger partial charge is 0.352 e. The number of carbonyl (C=O) groups is 1. The van der Waals surface area contributed by atoms with E-state index in [2.05, 4.69) is 4.98 Å². The van der Waals surface area contributed by atoms with Gasteiger partial charge in [-0.25, -0.2) is 4.79 Å². The van der Waals surface area contributed by atoms with Crippen LogP contribution < -0.4 is 0 Å². The Bertz CT molecular complexity index is 276. The minimum atomic E-state index is -0.896. The Hall–Kier alpha value is -1.25. The van der Waals surface area contributed by atoms with Crippen LogP contribution in [0.2, 0.25) is 0 Å². The first-order valence-corrected chi connectivity index (χ1v) is 3.57. The topological polar surface area (TPSA) is 53.1 Å². The summed E-state index contributed by atoms with van der Waals surface area (Å²) in [5, 5.41) is 8.59. The summed E-state index contributed by atoms with van der Waals surface area (Å²) in [6.07, 6.45) is 0.846. The first kappa shape index (κ1) is 7.85. The van der Waals surface area contributed by atoms with Gasteiger partial charge in [0.25, 0.3) is 0 Å². The van der Waals surface area contributed by atoms with Crippen molar-refractivity contribution >= 4 is 5.97 Å². The highest BCUT2D eigenvalue weighted by Crippen LogP contribution is 2.09. The van der Waals surface area contributed by atoms with Gasteiger partial charge in [0.15, 0.2) is 0 Å². The molecule has 0 aliphatic heterocycles. The lowest BCUT2D eigenvalue weighted by atomic mass is 10.2. The van der Waals surface area contributed by atoms with Crippen LogP contribution in [0.15, 0.2) is 6.07 Å². The third-order valence-electron chi connectivity index (χ3n) is 1.71. The molecule has 11 heavy (non-hydrogen) atoms. The van der Waals surface area contributed by atoms with E-state index >= 15 is 0 Å². The molecule has 0 atom stereocenters. The Labute approximate surface area is 65.1 Å². The van der Waals surface area contributed by atoms with Crippen molar-refractivity contribution in [1.29, 1.82) is 0 Å². The number of hydrogen-bond acceptors (Lipinski definition) is 1. The fourth-order valence-electron chi connectivity index (χ4n) is 1.08. The number of rotatable bonds is 2. The Morgan fingerprint density at radius 2 is 2.36 bits per heavy atom. The minimum Gasteiger partial charge on any atom is -0.477 e. The number of carboxylic acids is 1. The highest BCUT2D eigenvalue weighted by Gasteiger charge is 2.07. The average Bonchev–Trinajstić information content (AvgIpc) is 2.31. The number of aromatic carboxylic acids is 1. The molecule has 0 saturated carbocycles. The molecule has 1 rings (SSSR count). The molecule has 3 heteroatoms. The number of aromatic amines is 1. The second-order valence-corrected chi connectivity index (χ2v) is 2.50. The van der Waals surface area contributed by atoms with E-state index in [0.29, 0.717) is 0 Å². The van der Waals surface area contributed by atoms with E-state index < -0.39 is 5.97 Å². The largest absolute Gasteiger partial charge is 0.477 e. The monoisotopic (exact) mass is 153 g/mol. The number of nitrogens with one attached hydrogen (secondary N) is 1. The van der Waals surface area contributed by atoms with Crippen molar-refractivity contribution in [3.63, 3.8) is 0 Å². The van der Waals surface area contributed by atoms with Crippen LogP contribution in [0.1, 0.15) is 28.7 Å². The molecule has 0 fully saturated rings. The molecule has 0 unspecified atom stereocenters. The lowest BCUT2D eigenvalue weighted by Gasteiger charge is -1.90. The van der Waals surface area contributed by atoms with Gasteiger partial charge in [-0.15, -0.1) is 0 Å². The van der Waals surface area contributed by atoms with E-state index in [0.717, 1.165) is 17.7 Å². The normalized spacial score (nSPS) is 10.0. The quantitative estimate of drug-likeness (QED) is 0.677. The fraction of sp³-hybridized carbons (Fsp3) is 0.375. The highest BCUT2D eigenvalue weighted by molar-refractivity contribution is 5.85. The van der Waals surface area contributed by atoms with Gasteiger partial charge < -0.3 is 10.1 Å². The predicted molar refractivity (Wildman–Crippen MR) is 41.9 cm³/mol. The molecule has 0 aliphatic rings. The molecule has 60 valence electrons. The lowest BCUT2D eigenvalue weighted by Crippen LogP contribution is -1.95. The Balaban J connectivity index is 3.05. The average molecular weight is 153 g/mol. The van der Waals surface area contributed by atoms with E-state index in [4.69, 9.17) is 5.11 Å². The van der Waals surface area contributed by atoms with Gasteiger partial charge >= 0.3 is 5.97 Å².